The molecule has 9 heteroatoms. The van der Waals surface area contributed by atoms with Gasteiger partial charge in [-0.15, -0.1) is 0 Å². The van der Waals surface area contributed by atoms with Gasteiger partial charge in [-0.2, -0.15) is 18.2 Å². The number of aliphatic hydroxyl groups is 1. The third-order valence-electron chi connectivity index (χ3n) is 4.25. The van der Waals surface area contributed by atoms with Gasteiger partial charge in [-0.3, -0.25) is 0 Å². The molecule has 25 heavy (non-hydrogen) atoms. The van der Waals surface area contributed by atoms with Gasteiger partial charge in [0.25, 0.3) is 6.01 Å². The van der Waals surface area contributed by atoms with E-state index in [2.05, 4.69) is 4.98 Å². The summed E-state index contributed by atoms with van der Waals surface area (Å²) in [4.78, 5) is 15.7. The molecule has 1 saturated heterocycles. The molecule has 0 aliphatic carbocycles. The molecule has 134 valence electrons. The van der Waals surface area contributed by atoms with Crippen molar-refractivity contribution in [3.8, 4) is 0 Å². The molecule has 1 fully saturated rings. The van der Waals surface area contributed by atoms with E-state index < -0.39 is 35.2 Å². The van der Waals surface area contributed by atoms with Crippen LogP contribution in [0.2, 0.25) is 0 Å². The second-order valence-corrected chi connectivity index (χ2v) is 5.86. The Morgan fingerprint density at radius 2 is 1.80 bits per heavy atom. The monoisotopic (exact) mass is 356 g/mol. The molecule has 0 amide bonds. The molecule has 1 aromatic carbocycles. The molecular weight excluding hydrogens is 341 g/mol. The Morgan fingerprint density at radius 1 is 1.20 bits per heavy atom. The van der Waals surface area contributed by atoms with Crippen LogP contribution in [0.4, 0.5) is 19.2 Å². The first-order chi connectivity index (χ1) is 11.7. The molecule has 1 aromatic heterocycles. The molecule has 6 nitrogen and oxygen atoms in total. The standard InChI is InChI=1S/C16H15F3N2O4/c17-16(18,19)12-11(13(22)23)25-14(20-12)21-8-6-15(24,7-9-21)10-4-2-1-3-5-10/h1-5,24H,6-9H2,(H,22,23). The highest BCUT2D eigenvalue weighted by molar-refractivity contribution is 5.86. The smallest absolute Gasteiger partial charge is 0.437 e. The Kier molecular flexibility index (Phi) is 4.19. The zero-order valence-electron chi connectivity index (χ0n) is 13.0. The Labute approximate surface area is 140 Å². The number of anilines is 1. The van der Waals surface area contributed by atoms with Crippen LogP contribution in [-0.4, -0.2) is 34.3 Å². The van der Waals surface area contributed by atoms with Crippen molar-refractivity contribution in [3.63, 3.8) is 0 Å². The first-order valence-electron chi connectivity index (χ1n) is 7.55. The number of alkyl halides is 3. The minimum absolute atomic E-state index is 0.183. The summed E-state index contributed by atoms with van der Waals surface area (Å²) in [5.41, 5.74) is -1.92. The number of carboxylic acid groups (broad SMARTS) is 1. The summed E-state index contributed by atoms with van der Waals surface area (Å²) >= 11 is 0. The van der Waals surface area contributed by atoms with Crippen molar-refractivity contribution in [1.82, 2.24) is 4.98 Å². The molecular formula is C16H15F3N2O4. The fourth-order valence-corrected chi connectivity index (χ4v) is 2.89. The summed E-state index contributed by atoms with van der Waals surface area (Å²) in [5.74, 6) is -3.06. The van der Waals surface area contributed by atoms with Crippen LogP contribution in [0.25, 0.3) is 0 Å². The van der Waals surface area contributed by atoms with Gasteiger partial charge in [-0.1, -0.05) is 30.3 Å². The van der Waals surface area contributed by atoms with Gasteiger partial charge >= 0.3 is 12.1 Å². The van der Waals surface area contributed by atoms with Gasteiger partial charge in [-0.25, -0.2) is 4.79 Å². The van der Waals surface area contributed by atoms with Gasteiger partial charge in [0.2, 0.25) is 5.76 Å². The second-order valence-electron chi connectivity index (χ2n) is 5.86. The molecule has 0 atom stereocenters. The molecule has 3 rings (SSSR count). The summed E-state index contributed by atoms with van der Waals surface area (Å²) in [6.45, 7) is 0.366. The SMILES string of the molecule is O=C(O)c1oc(N2CCC(O)(c3ccccc3)CC2)nc1C(F)(F)F. The van der Waals surface area contributed by atoms with Crippen molar-refractivity contribution in [2.75, 3.05) is 18.0 Å². The highest BCUT2D eigenvalue weighted by Crippen LogP contribution is 2.37. The molecule has 0 bridgehead atoms. The van der Waals surface area contributed by atoms with Crippen molar-refractivity contribution in [1.29, 1.82) is 0 Å². The number of carbonyl (C=O) groups is 1. The highest BCUT2D eigenvalue weighted by atomic mass is 19.4. The normalized spacial score (nSPS) is 17.5. The van der Waals surface area contributed by atoms with Crippen molar-refractivity contribution < 1.29 is 32.6 Å². The number of carboxylic acids is 1. The first-order valence-corrected chi connectivity index (χ1v) is 7.55. The maximum absolute atomic E-state index is 12.9. The number of nitrogens with zero attached hydrogens (tertiary/aromatic N) is 2. The zero-order valence-corrected chi connectivity index (χ0v) is 13.0. The number of oxazole rings is 1. The van der Waals surface area contributed by atoms with E-state index in [0.717, 1.165) is 5.56 Å². The largest absolute Gasteiger partial charge is 0.475 e. The lowest BCUT2D eigenvalue weighted by Gasteiger charge is -2.37. The molecule has 0 radical (unpaired) electrons. The van der Waals surface area contributed by atoms with Gasteiger partial charge in [0.15, 0.2) is 5.69 Å². The molecule has 0 spiro atoms. The van der Waals surface area contributed by atoms with E-state index in [1.165, 1.54) is 4.90 Å². The highest BCUT2D eigenvalue weighted by Gasteiger charge is 2.43. The number of piperidine rings is 1. The summed E-state index contributed by atoms with van der Waals surface area (Å²) in [6, 6.07) is 8.57. The number of rotatable bonds is 3. The molecule has 2 heterocycles. The van der Waals surface area contributed by atoms with Crippen molar-refractivity contribution in [2.45, 2.75) is 24.6 Å². The van der Waals surface area contributed by atoms with Gasteiger partial charge in [0, 0.05) is 13.1 Å². The minimum atomic E-state index is -4.92. The van der Waals surface area contributed by atoms with E-state index >= 15 is 0 Å². The maximum Gasteiger partial charge on any atom is 0.437 e. The summed E-state index contributed by atoms with van der Waals surface area (Å²) in [5, 5.41) is 19.6. The lowest BCUT2D eigenvalue weighted by atomic mass is 9.84. The molecule has 1 aliphatic heterocycles. The van der Waals surface area contributed by atoms with E-state index in [1.54, 1.807) is 24.3 Å². The molecule has 2 aromatic rings. The van der Waals surface area contributed by atoms with Crippen LogP contribution in [0.5, 0.6) is 0 Å². The molecule has 0 saturated carbocycles. The molecule has 2 N–H and O–H groups in total. The zero-order chi connectivity index (χ0) is 18.2. The van der Waals surface area contributed by atoms with Gasteiger partial charge in [0.1, 0.15) is 0 Å². The predicted molar refractivity (Wildman–Crippen MR) is 80.3 cm³/mol. The topological polar surface area (TPSA) is 86.8 Å². The number of aromatic carboxylic acids is 1. The first kappa shape index (κ1) is 17.3. The predicted octanol–water partition coefficient (Wildman–Crippen LogP) is 2.88. The minimum Gasteiger partial charge on any atom is -0.475 e. The average Bonchev–Trinajstić information content (AvgIpc) is 3.02. The Hall–Kier alpha value is -2.55. The van der Waals surface area contributed by atoms with Crippen LogP contribution in [0.15, 0.2) is 34.7 Å². The quantitative estimate of drug-likeness (QED) is 0.879. The van der Waals surface area contributed by atoms with Crippen LogP contribution < -0.4 is 4.90 Å². The van der Waals surface area contributed by atoms with Crippen LogP contribution in [0, 0.1) is 0 Å². The number of aromatic nitrogens is 1. The summed E-state index contributed by atoms with van der Waals surface area (Å²) in [6.07, 6.45) is -4.41. The molecule has 0 unspecified atom stereocenters. The number of hydrogen-bond acceptors (Lipinski definition) is 5. The fraction of sp³-hybridized carbons (Fsp3) is 0.375. The van der Waals surface area contributed by atoms with Crippen LogP contribution in [0.3, 0.4) is 0 Å². The van der Waals surface area contributed by atoms with Crippen molar-refractivity contribution >= 4 is 12.0 Å². The van der Waals surface area contributed by atoms with E-state index in [0.29, 0.717) is 0 Å². The van der Waals surface area contributed by atoms with E-state index in [1.807, 2.05) is 6.07 Å². The van der Waals surface area contributed by atoms with Gasteiger partial charge in [-0.05, 0) is 18.4 Å². The Morgan fingerprint density at radius 3 is 2.28 bits per heavy atom. The van der Waals surface area contributed by atoms with Crippen molar-refractivity contribution in [2.24, 2.45) is 0 Å². The number of hydrogen-bond donors (Lipinski definition) is 2. The van der Waals surface area contributed by atoms with Gasteiger partial charge in [0.05, 0.1) is 5.60 Å². The lowest BCUT2D eigenvalue weighted by Crippen LogP contribution is -2.42. The number of benzene rings is 1. The summed E-state index contributed by atoms with van der Waals surface area (Å²) in [7, 11) is 0. The lowest BCUT2D eigenvalue weighted by molar-refractivity contribution is -0.141. The Bertz CT molecular complexity index is 765. The molecule has 1 aliphatic rings. The van der Waals surface area contributed by atoms with E-state index in [-0.39, 0.29) is 25.9 Å². The van der Waals surface area contributed by atoms with Crippen LogP contribution >= 0.6 is 0 Å². The fourth-order valence-electron chi connectivity index (χ4n) is 2.89. The third-order valence-corrected chi connectivity index (χ3v) is 4.25. The van der Waals surface area contributed by atoms with Crippen LogP contribution in [-0.2, 0) is 11.8 Å². The number of halogens is 3. The van der Waals surface area contributed by atoms with E-state index in [4.69, 9.17) is 9.52 Å². The van der Waals surface area contributed by atoms with Crippen molar-refractivity contribution in [3.05, 3.63) is 47.3 Å². The second kappa shape index (κ2) is 6.07. The van der Waals surface area contributed by atoms with Crippen LogP contribution in [0.1, 0.15) is 34.7 Å². The Balaban J connectivity index is 1.81. The third kappa shape index (κ3) is 3.32. The maximum atomic E-state index is 12.9. The van der Waals surface area contributed by atoms with E-state index in [9.17, 15) is 23.1 Å². The average molecular weight is 356 g/mol. The summed E-state index contributed by atoms with van der Waals surface area (Å²) < 4.78 is 43.5. The van der Waals surface area contributed by atoms with Gasteiger partial charge < -0.3 is 19.5 Å².